The van der Waals surface area contributed by atoms with Crippen molar-refractivity contribution in [2.75, 3.05) is 17.7 Å². The maximum atomic E-state index is 12.2. The number of aromatic nitrogens is 2. The number of fused-ring (bicyclic) bond motifs is 1. The molecule has 6 nitrogen and oxygen atoms in total. The van der Waals surface area contributed by atoms with Crippen LogP contribution in [0.3, 0.4) is 0 Å². The predicted molar refractivity (Wildman–Crippen MR) is 111 cm³/mol. The van der Waals surface area contributed by atoms with E-state index in [0.29, 0.717) is 17.1 Å². The normalized spacial score (nSPS) is 10.6. The molecule has 4 rings (SSSR count). The van der Waals surface area contributed by atoms with Crippen molar-refractivity contribution in [2.45, 2.75) is 6.92 Å². The maximum Gasteiger partial charge on any atom is 0.323 e. The van der Waals surface area contributed by atoms with Crippen LogP contribution in [0.25, 0.3) is 16.9 Å². The largest absolute Gasteiger partial charge is 0.497 e. The lowest BCUT2D eigenvalue weighted by Crippen LogP contribution is -2.19. The van der Waals surface area contributed by atoms with Gasteiger partial charge in [0.15, 0.2) is 0 Å². The van der Waals surface area contributed by atoms with Crippen molar-refractivity contribution >= 4 is 23.1 Å². The third-order valence-electron chi connectivity index (χ3n) is 4.44. The molecule has 0 saturated carbocycles. The molecule has 2 heterocycles. The Morgan fingerprint density at radius 1 is 1.00 bits per heavy atom. The van der Waals surface area contributed by atoms with E-state index in [1.165, 1.54) is 0 Å². The monoisotopic (exact) mass is 372 g/mol. The molecule has 0 aliphatic heterocycles. The van der Waals surface area contributed by atoms with Crippen LogP contribution in [0.1, 0.15) is 5.56 Å². The molecule has 2 amide bonds. The lowest BCUT2D eigenvalue weighted by molar-refractivity contribution is 0.262. The molecule has 2 aromatic carbocycles. The Bertz CT molecular complexity index is 1130. The van der Waals surface area contributed by atoms with E-state index in [1.54, 1.807) is 19.2 Å². The quantitative estimate of drug-likeness (QED) is 0.532. The number of hydrogen-bond acceptors (Lipinski definition) is 3. The molecule has 0 fully saturated rings. The Hall–Kier alpha value is -3.80. The van der Waals surface area contributed by atoms with Gasteiger partial charge in [0.05, 0.1) is 12.8 Å². The van der Waals surface area contributed by atoms with E-state index in [-0.39, 0.29) is 6.03 Å². The first kappa shape index (κ1) is 17.6. The molecule has 0 radical (unpaired) electrons. The average molecular weight is 372 g/mol. The SMILES string of the molecule is COc1cccc(NC(=O)Nc2ccc(-c3cn4cccc(C)c4n3)cc2)c1. The number of nitrogens with one attached hydrogen (secondary N) is 2. The van der Waals surface area contributed by atoms with Crippen molar-refractivity contribution < 1.29 is 9.53 Å². The summed E-state index contributed by atoms with van der Waals surface area (Å²) in [6.45, 7) is 2.04. The first-order chi connectivity index (χ1) is 13.6. The number of aryl methyl sites for hydroxylation is 1. The average Bonchev–Trinajstić information content (AvgIpc) is 3.14. The molecule has 140 valence electrons. The Balaban J connectivity index is 1.46. The van der Waals surface area contributed by atoms with Crippen molar-refractivity contribution in [2.24, 2.45) is 0 Å². The standard InChI is InChI=1S/C22H20N4O2/c1-15-5-4-12-26-14-20(25-21(15)26)16-8-10-17(11-9-16)23-22(27)24-18-6-3-7-19(13-18)28-2/h3-14H,1-2H3,(H2,23,24,27). The molecule has 0 atom stereocenters. The summed E-state index contributed by atoms with van der Waals surface area (Å²) in [5.74, 6) is 0.685. The number of nitrogens with zero attached hydrogens (tertiary/aromatic N) is 2. The van der Waals surface area contributed by atoms with Crippen LogP contribution in [0, 0.1) is 6.92 Å². The van der Waals surface area contributed by atoms with E-state index < -0.39 is 0 Å². The second kappa shape index (κ2) is 7.44. The number of anilines is 2. The summed E-state index contributed by atoms with van der Waals surface area (Å²) in [6, 6.07) is 18.5. The second-order valence-electron chi connectivity index (χ2n) is 6.44. The smallest absolute Gasteiger partial charge is 0.323 e. The first-order valence-electron chi connectivity index (χ1n) is 8.89. The molecule has 4 aromatic rings. The number of urea groups is 1. The number of carbonyl (C=O) groups is 1. The minimum Gasteiger partial charge on any atom is -0.497 e. The maximum absolute atomic E-state index is 12.2. The topological polar surface area (TPSA) is 67.7 Å². The molecule has 0 saturated heterocycles. The van der Waals surface area contributed by atoms with Gasteiger partial charge in [-0.3, -0.25) is 0 Å². The fraction of sp³-hybridized carbons (Fsp3) is 0.0909. The number of rotatable bonds is 4. The second-order valence-corrected chi connectivity index (χ2v) is 6.44. The highest BCUT2D eigenvalue weighted by Gasteiger charge is 2.07. The Morgan fingerprint density at radius 3 is 2.54 bits per heavy atom. The molecule has 2 N–H and O–H groups in total. The minimum atomic E-state index is -0.315. The van der Waals surface area contributed by atoms with Crippen LogP contribution in [0.15, 0.2) is 73.1 Å². The Morgan fingerprint density at radius 2 is 1.79 bits per heavy atom. The number of imidazole rings is 1. The molecule has 0 aliphatic rings. The van der Waals surface area contributed by atoms with Gasteiger partial charge in [-0.05, 0) is 42.8 Å². The highest BCUT2D eigenvalue weighted by Crippen LogP contribution is 2.23. The van der Waals surface area contributed by atoms with Gasteiger partial charge in [-0.15, -0.1) is 0 Å². The third-order valence-corrected chi connectivity index (χ3v) is 4.44. The van der Waals surface area contributed by atoms with Crippen LogP contribution in [0.5, 0.6) is 5.75 Å². The van der Waals surface area contributed by atoms with E-state index in [4.69, 9.17) is 9.72 Å². The number of amides is 2. The van der Waals surface area contributed by atoms with E-state index in [0.717, 1.165) is 22.5 Å². The molecule has 0 aliphatic carbocycles. The first-order valence-corrected chi connectivity index (χ1v) is 8.89. The zero-order chi connectivity index (χ0) is 19.5. The van der Waals surface area contributed by atoms with Gasteiger partial charge < -0.3 is 19.8 Å². The van der Waals surface area contributed by atoms with Crippen molar-refractivity contribution in [1.82, 2.24) is 9.38 Å². The van der Waals surface area contributed by atoms with Gasteiger partial charge in [-0.1, -0.05) is 24.3 Å². The summed E-state index contributed by atoms with van der Waals surface area (Å²) in [6.07, 6.45) is 3.98. The Kier molecular flexibility index (Phi) is 4.68. The molecular weight excluding hydrogens is 352 g/mol. The van der Waals surface area contributed by atoms with Crippen molar-refractivity contribution in [3.63, 3.8) is 0 Å². The number of pyridine rings is 1. The molecule has 2 aromatic heterocycles. The fourth-order valence-corrected chi connectivity index (χ4v) is 3.01. The van der Waals surface area contributed by atoms with Gasteiger partial charge in [-0.2, -0.15) is 0 Å². The predicted octanol–water partition coefficient (Wildman–Crippen LogP) is 4.96. The number of ether oxygens (including phenoxy) is 1. The Labute approximate surface area is 162 Å². The number of methoxy groups -OCH3 is 1. The number of carbonyl (C=O) groups excluding carboxylic acids is 1. The van der Waals surface area contributed by atoms with Gasteiger partial charge in [0, 0.05) is 35.4 Å². The van der Waals surface area contributed by atoms with Crippen LogP contribution in [-0.4, -0.2) is 22.5 Å². The molecule has 6 heteroatoms. The van der Waals surface area contributed by atoms with Crippen molar-refractivity contribution in [1.29, 1.82) is 0 Å². The summed E-state index contributed by atoms with van der Waals surface area (Å²) in [5, 5.41) is 5.62. The van der Waals surface area contributed by atoms with Crippen molar-refractivity contribution in [3.8, 4) is 17.0 Å². The van der Waals surface area contributed by atoms with Crippen LogP contribution in [0.4, 0.5) is 16.2 Å². The van der Waals surface area contributed by atoms with E-state index in [9.17, 15) is 4.79 Å². The summed E-state index contributed by atoms with van der Waals surface area (Å²) in [5.41, 5.74) is 5.31. The van der Waals surface area contributed by atoms with Crippen LogP contribution in [-0.2, 0) is 0 Å². The number of benzene rings is 2. The fourth-order valence-electron chi connectivity index (χ4n) is 3.01. The van der Waals surface area contributed by atoms with Gasteiger partial charge in [0.25, 0.3) is 0 Å². The zero-order valence-electron chi connectivity index (χ0n) is 15.6. The van der Waals surface area contributed by atoms with Gasteiger partial charge in [0.2, 0.25) is 0 Å². The molecule has 0 unspecified atom stereocenters. The highest BCUT2D eigenvalue weighted by atomic mass is 16.5. The zero-order valence-corrected chi connectivity index (χ0v) is 15.6. The van der Waals surface area contributed by atoms with E-state index in [1.807, 2.05) is 72.2 Å². The van der Waals surface area contributed by atoms with E-state index >= 15 is 0 Å². The molecule has 28 heavy (non-hydrogen) atoms. The van der Waals surface area contributed by atoms with Crippen LogP contribution >= 0.6 is 0 Å². The molecule has 0 bridgehead atoms. The minimum absolute atomic E-state index is 0.315. The van der Waals surface area contributed by atoms with Gasteiger partial charge in [-0.25, -0.2) is 9.78 Å². The highest BCUT2D eigenvalue weighted by molar-refractivity contribution is 5.99. The number of hydrogen-bond donors (Lipinski definition) is 2. The van der Waals surface area contributed by atoms with Crippen LogP contribution in [0.2, 0.25) is 0 Å². The molecular formula is C22H20N4O2. The summed E-state index contributed by atoms with van der Waals surface area (Å²) >= 11 is 0. The summed E-state index contributed by atoms with van der Waals surface area (Å²) < 4.78 is 7.17. The lowest BCUT2D eigenvalue weighted by Gasteiger charge is -2.09. The lowest BCUT2D eigenvalue weighted by atomic mass is 10.1. The van der Waals surface area contributed by atoms with Gasteiger partial charge in [0.1, 0.15) is 11.4 Å². The summed E-state index contributed by atoms with van der Waals surface area (Å²) in [4.78, 5) is 16.9. The summed E-state index contributed by atoms with van der Waals surface area (Å²) in [7, 11) is 1.59. The van der Waals surface area contributed by atoms with Crippen LogP contribution < -0.4 is 15.4 Å². The van der Waals surface area contributed by atoms with Gasteiger partial charge >= 0.3 is 6.03 Å². The molecule has 0 spiro atoms. The van der Waals surface area contributed by atoms with E-state index in [2.05, 4.69) is 10.6 Å². The van der Waals surface area contributed by atoms with Crippen molar-refractivity contribution in [3.05, 3.63) is 78.6 Å². The third kappa shape index (κ3) is 3.66.